The van der Waals surface area contributed by atoms with Gasteiger partial charge in [0.05, 0.1) is 23.7 Å². The highest BCUT2D eigenvalue weighted by molar-refractivity contribution is 6.26. The molecular weight excluding hydrogens is 498 g/mol. The van der Waals surface area contributed by atoms with Crippen LogP contribution in [-0.4, -0.2) is 46.2 Å². The second-order valence-electron chi connectivity index (χ2n) is 11.5. The van der Waals surface area contributed by atoms with Crippen LogP contribution in [0, 0.1) is 5.92 Å². The van der Waals surface area contributed by atoms with E-state index < -0.39 is 0 Å². The third kappa shape index (κ3) is 5.75. The maximum atomic E-state index is 13.8. The number of carbonyl (C=O) groups excluding carboxylic acids is 1. The molecule has 1 atom stereocenters. The molecule has 3 aromatic rings. The van der Waals surface area contributed by atoms with Gasteiger partial charge in [-0.15, -0.1) is 0 Å². The number of amides is 1. The van der Waals surface area contributed by atoms with Crippen LogP contribution in [-0.2, 0) is 11.2 Å². The Kier molecular flexibility index (Phi) is 7.57. The summed E-state index contributed by atoms with van der Waals surface area (Å²) in [6, 6.07) is 13.0. The fraction of sp³-hybridized carbons (Fsp3) is 0.424. The Balaban J connectivity index is 1.23. The van der Waals surface area contributed by atoms with Crippen molar-refractivity contribution in [3.05, 3.63) is 71.7 Å². The number of pyridine rings is 2. The molecule has 1 aromatic carbocycles. The van der Waals surface area contributed by atoms with Crippen molar-refractivity contribution in [2.75, 3.05) is 28.6 Å². The Morgan fingerprint density at radius 2 is 1.82 bits per heavy atom. The lowest BCUT2D eigenvalue weighted by Crippen LogP contribution is -2.36. The van der Waals surface area contributed by atoms with Crippen LogP contribution in [0.15, 0.2) is 60.6 Å². The van der Waals surface area contributed by atoms with E-state index in [0.29, 0.717) is 11.7 Å². The van der Waals surface area contributed by atoms with E-state index in [1.807, 2.05) is 24.5 Å². The number of carbonyl (C=O) groups is 1. The molecule has 2 aromatic heterocycles. The number of hydrogen-bond donors (Lipinski definition) is 3. The number of rotatable bonds is 8. The van der Waals surface area contributed by atoms with Gasteiger partial charge in [-0.05, 0) is 98.7 Å². The van der Waals surface area contributed by atoms with Crippen molar-refractivity contribution in [1.29, 1.82) is 0 Å². The fourth-order valence-corrected chi connectivity index (χ4v) is 6.03. The van der Waals surface area contributed by atoms with Gasteiger partial charge in [0.1, 0.15) is 5.82 Å². The number of allylic oxidation sites excluding steroid dienone is 1. The number of hydrogen-bond acceptors (Lipinski definition) is 6. The number of aliphatic hydroxyl groups excluding tert-OH is 1. The van der Waals surface area contributed by atoms with Gasteiger partial charge < -0.3 is 20.6 Å². The maximum Gasteiger partial charge on any atom is 0.256 e. The zero-order valence-corrected chi connectivity index (χ0v) is 23.5. The van der Waals surface area contributed by atoms with Gasteiger partial charge in [0.2, 0.25) is 0 Å². The van der Waals surface area contributed by atoms with Crippen molar-refractivity contribution in [3.8, 4) is 11.1 Å². The monoisotopic (exact) mass is 537 g/mol. The topological polar surface area (TPSA) is 90.4 Å². The van der Waals surface area contributed by atoms with Gasteiger partial charge in [0.15, 0.2) is 0 Å². The molecule has 1 amide bonds. The Morgan fingerprint density at radius 1 is 1.00 bits per heavy atom. The molecule has 3 N–H and O–H groups in total. The van der Waals surface area contributed by atoms with Crippen LogP contribution in [0.2, 0.25) is 0 Å². The highest BCUT2D eigenvalue weighted by atomic mass is 16.3. The van der Waals surface area contributed by atoms with Gasteiger partial charge in [0, 0.05) is 42.7 Å². The van der Waals surface area contributed by atoms with Crippen molar-refractivity contribution in [3.63, 3.8) is 0 Å². The smallest absolute Gasteiger partial charge is 0.256 e. The first-order valence-electron chi connectivity index (χ1n) is 14.8. The van der Waals surface area contributed by atoms with E-state index in [1.54, 1.807) is 6.20 Å². The molecule has 40 heavy (non-hydrogen) atoms. The van der Waals surface area contributed by atoms with Crippen LogP contribution in [0.4, 0.5) is 17.2 Å². The Hall–Kier alpha value is -3.71. The van der Waals surface area contributed by atoms with Crippen molar-refractivity contribution >= 4 is 28.7 Å². The molecule has 7 nitrogen and oxygen atoms in total. The summed E-state index contributed by atoms with van der Waals surface area (Å²) in [7, 11) is 0. The molecule has 0 bridgehead atoms. The molecule has 3 aliphatic rings. The highest BCUT2D eigenvalue weighted by Crippen LogP contribution is 2.37. The van der Waals surface area contributed by atoms with Gasteiger partial charge in [-0.25, -0.2) is 4.98 Å². The minimum atomic E-state index is -0.220. The number of aryl methyl sites for hydroxylation is 1. The Bertz CT molecular complexity index is 1400. The lowest BCUT2D eigenvalue weighted by Gasteiger charge is -2.30. The quantitative estimate of drug-likeness (QED) is 0.323. The zero-order chi connectivity index (χ0) is 27.6. The second-order valence-corrected chi connectivity index (χ2v) is 11.5. The van der Waals surface area contributed by atoms with Crippen LogP contribution in [0.1, 0.15) is 63.5 Å². The summed E-state index contributed by atoms with van der Waals surface area (Å²) in [5, 5.41) is 16.5. The minimum absolute atomic E-state index is 0.0857. The van der Waals surface area contributed by atoms with Gasteiger partial charge in [-0.3, -0.25) is 9.78 Å². The molecule has 1 saturated heterocycles. The maximum absolute atomic E-state index is 13.8. The van der Waals surface area contributed by atoms with Gasteiger partial charge in [-0.1, -0.05) is 24.6 Å². The van der Waals surface area contributed by atoms with Gasteiger partial charge in [-0.2, -0.15) is 0 Å². The summed E-state index contributed by atoms with van der Waals surface area (Å²) < 4.78 is 0. The third-order valence-electron chi connectivity index (χ3n) is 8.67. The largest absolute Gasteiger partial charge is 0.393 e. The van der Waals surface area contributed by atoms with Gasteiger partial charge >= 0.3 is 0 Å². The average Bonchev–Trinajstić information content (AvgIpc) is 3.83. The number of aromatic nitrogens is 2. The van der Waals surface area contributed by atoms with E-state index in [2.05, 4.69) is 63.6 Å². The molecule has 2 aliphatic carbocycles. The summed E-state index contributed by atoms with van der Waals surface area (Å²) in [6.45, 7) is 5.95. The number of benzene rings is 1. The molecule has 3 heterocycles. The number of aliphatic hydroxyl groups is 1. The van der Waals surface area contributed by atoms with Crippen molar-refractivity contribution in [1.82, 2.24) is 9.97 Å². The molecule has 0 radical (unpaired) electrons. The molecule has 1 aliphatic heterocycles. The van der Waals surface area contributed by atoms with Crippen LogP contribution in [0.5, 0.6) is 0 Å². The molecule has 1 saturated carbocycles. The third-order valence-corrected chi connectivity index (χ3v) is 8.67. The first-order valence-corrected chi connectivity index (χ1v) is 14.8. The lowest BCUT2D eigenvalue weighted by molar-refractivity contribution is -0.111. The first-order chi connectivity index (χ1) is 19.5. The minimum Gasteiger partial charge on any atom is -0.393 e. The van der Waals surface area contributed by atoms with Crippen LogP contribution in [0.25, 0.3) is 16.7 Å². The molecule has 2 fully saturated rings. The second kappa shape index (κ2) is 11.4. The summed E-state index contributed by atoms with van der Waals surface area (Å²) >= 11 is 0. The normalized spacial score (nSPS) is 18.3. The van der Waals surface area contributed by atoms with Crippen molar-refractivity contribution in [2.45, 2.75) is 70.9 Å². The number of anilines is 3. The Morgan fingerprint density at radius 3 is 2.55 bits per heavy atom. The predicted octanol–water partition coefficient (Wildman–Crippen LogP) is 6.06. The summed E-state index contributed by atoms with van der Waals surface area (Å²) in [5.74, 6) is 1.55. The molecule has 0 spiro atoms. The fourth-order valence-electron chi connectivity index (χ4n) is 6.03. The van der Waals surface area contributed by atoms with E-state index in [1.165, 1.54) is 24.0 Å². The van der Waals surface area contributed by atoms with Crippen molar-refractivity contribution in [2.24, 2.45) is 5.92 Å². The molecular formula is C33H39N5O2. The summed E-state index contributed by atoms with van der Waals surface area (Å²) in [4.78, 5) is 25.1. The van der Waals surface area contributed by atoms with E-state index >= 15 is 0 Å². The SMILES string of the molecule is CCC1=C(C(=O)Nc2ccc(N3CCC(O)CC3)nc2)c2cc(-c3cncc(NC(C)C4CC4)c3)ccc2CC1. The predicted molar refractivity (Wildman–Crippen MR) is 161 cm³/mol. The van der Waals surface area contributed by atoms with Gasteiger partial charge in [0.25, 0.3) is 5.91 Å². The standard InChI is InChI=1S/C33H39N5O2/c1-3-22-4-7-24-8-9-25(26-16-28(19-34-18-26)36-21(2)23-5-6-23)17-30(24)32(22)33(40)37-27-10-11-31(35-20-27)38-14-12-29(39)13-15-38/h8-11,16-21,23,29,36,39H,3-7,12-15H2,1-2H3,(H,37,40). The van der Waals surface area contributed by atoms with E-state index in [9.17, 15) is 9.90 Å². The lowest BCUT2D eigenvalue weighted by atomic mass is 9.82. The molecule has 6 rings (SSSR count). The summed E-state index contributed by atoms with van der Waals surface area (Å²) in [6.07, 6.45) is 12.1. The molecule has 208 valence electrons. The van der Waals surface area contributed by atoms with Crippen LogP contribution < -0.4 is 15.5 Å². The number of nitrogens with zero attached hydrogens (tertiary/aromatic N) is 3. The summed E-state index contributed by atoms with van der Waals surface area (Å²) in [5.41, 5.74) is 8.02. The molecule has 7 heteroatoms. The van der Waals surface area contributed by atoms with E-state index in [4.69, 9.17) is 0 Å². The van der Waals surface area contributed by atoms with E-state index in [-0.39, 0.29) is 12.0 Å². The zero-order valence-electron chi connectivity index (χ0n) is 23.5. The number of nitrogens with one attached hydrogen (secondary N) is 2. The van der Waals surface area contributed by atoms with E-state index in [0.717, 1.165) is 84.9 Å². The highest BCUT2D eigenvalue weighted by Gasteiger charge is 2.28. The number of fused-ring (bicyclic) bond motifs is 1. The Labute approximate surface area is 236 Å². The van der Waals surface area contributed by atoms with Crippen LogP contribution in [0.3, 0.4) is 0 Å². The molecule has 1 unspecified atom stereocenters. The van der Waals surface area contributed by atoms with Crippen LogP contribution >= 0.6 is 0 Å². The average molecular weight is 538 g/mol. The first kappa shape index (κ1) is 26.5. The number of piperidine rings is 1. The van der Waals surface area contributed by atoms with Crippen molar-refractivity contribution < 1.29 is 9.90 Å².